The van der Waals surface area contributed by atoms with Gasteiger partial charge in [0.2, 0.25) is 5.91 Å². The van der Waals surface area contributed by atoms with Gasteiger partial charge in [-0.1, -0.05) is 23.4 Å². The number of carbonyl (C=O) groups is 2. The summed E-state index contributed by atoms with van der Waals surface area (Å²) < 4.78 is 5.25. The Labute approximate surface area is 157 Å². The number of benzene rings is 1. The number of carbonyl (C=O) groups excluding carboxylic acids is 2. The average Bonchev–Trinajstić information content (AvgIpc) is 2.92. The Bertz CT molecular complexity index is 705. The number of hydrogen-bond donors (Lipinski definition) is 1. The van der Waals surface area contributed by atoms with Gasteiger partial charge < -0.3 is 15.0 Å². The number of rotatable bonds is 6. The molecule has 0 saturated heterocycles. The molecule has 1 atom stereocenters. The van der Waals surface area contributed by atoms with Crippen molar-refractivity contribution in [3.63, 3.8) is 0 Å². The Morgan fingerprint density at radius 1 is 1.40 bits per heavy atom. The molecule has 0 saturated carbocycles. The molecule has 1 aromatic carbocycles. The van der Waals surface area contributed by atoms with E-state index in [4.69, 9.17) is 16.3 Å². The van der Waals surface area contributed by atoms with Crippen LogP contribution in [0.25, 0.3) is 0 Å². The van der Waals surface area contributed by atoms with E-state index >= 15 is 0 Å². The first-order chi connectivity index (χ1) is 11.9. The third-order valence-electron chi connectivity index (χ3n) is 3.89. The number of aliphatic imine (C=N–C) groups is 1. The Kier molecular flexibility index (Phi) is 6.72. The van der Waals surface area contributed by atoms with Crippen LogP contribution in [0.2, 0.25) is 5.02 Å². The van der Waals surface area contributed by atoms with Crippen molar-refractivity contribution in [2.45, 2.75) is 32.4 Å². The van der Waals surface area contributed by atoms with Gasteiger partial charge in [-0.3, -0.25) is 9.59 Å². The summed E-state index contributed by atoms with van der Waals surface area (Å²) in [5.74, 6) is -0.0439. The second-order valence-electron chi connectivity index (χ2n) is 5.57. The van der Waals surface area contributed by atoms with Crippen molar-refractivity contribution in [2.75, 3.05) is 25.5 Å². The average molecular weight is 384 g/mol. The minimum Gasteiger partial charge on any atom is -0.495 e. The fraction of sp³-hybridized carbons (Fsp3) is 0.471. The zero-order valence-corrected chi connectivity index (χ0v) is 16.3. The first kappa shape index (κ1) is 19.6. The van der Waals surface area contributed by atoms with Crippen LogP contribution in [-0.2, 0) is 9.59 Å². The first-order valence-electron chi connectivity index (χ1n) is 8.07. The Balaban J connectivity index is 2.02. The van der Waals surface area contributed by atoms with Gasteiger partial charge in [0.05, 0.1) is 12.8 Å². The summed E-state index contributed by atoms with van der Waals surface area (Å²) in [5.41, 5.74) is 1.37. The molecule has 0 radical (unpaired) electrons. The molecule has 0 unspecified atom stereocenters. The smallest absolute Gasteiger partial charge is 0.262 e. The fourth-order valence-electron chi connectivity index (χ4n) is 2.44. The first-order valence-corrected chi connectivity index (χ1v) is 9.33. The van der Waals surface area contributed by atoms with Crippen LogP contribution in [-0.4, -0.2) is 47.3 Å². The molecular weight excluding hydrogens is 362 g/mol. The number of amidine groups is 1. The van der Waals surface area contributed by atoms with Gasteiger partial charge in [-0.2, -0.15) is 4.99 Å². The monoisotopic (exact) mass is 383 g/mol. The summed E-state index contributed by atoms with van der Waals surface area (Å²) in [4.78, 5) is 30.5. The van der Waals surface area contributed by atoms with Crippen molar-refractivity contribution in [2.24, 2.45) is 4.99 Å². The van der Waals surface area contributed by atoms with Crippen molar-refractivity contribution < 1.29 is 14.3 Å². The van der Waals surface area contributed by atoms with E-state index in [0.717, 1.165) is 18.7 Å². The molecule has 0 spiro atoms. The molecule has 0 fully saturated rings. The molecule has 136 valence electrons. The lowest BCUT2D eigenvalue weighted by atomic mass is 10.2. The zero-order chi connectivity index (χ0) is 18.6. The maximum atomic E-state index is 12.4. The van der Waals surface area contributed by atoms with Gasteiger partial charge in [-0.25, -0.2) is 0 Å². The predicted molar refractivity (Wildman–Crippen MR) is 103 cm³/mol. The number of methoxy groups -OCH3 is 1. The molecule has 25 heavy (non-hydrogen) atoms. The van der Waals surface area contributed by atoms with Gasteiger partial charge in [0.25, 0.3) is 5.91 Å². The number of amides is 2. The molecule has 1 heterocycles. The maximum Gasteiger partial charge on any atom is 0.262 e. The van der Waals surface area contributed by atoms with Gasteiger partial charge in [0.15, 0.2) is 5.17 Å². The normalized spacial score (nSPS) is 16.6. The van der Waals surface area contributed by atoms with Crippen molar-refractivity contribution in [3.05, 3.63) is 22.7 Å². The van der Waals surface area contributed by atoms with Crippen LogP contribution in [0, 0.1) is 6.92 Å². The van der Waals surface area contributed by atoms with Crippen molar-refractivity contribution in [1.29, 1.82) is 0 Å². The summed E-state index contributed by atoms with van der Waals surface area (Å²) in [5, 5.41) is 3.56. The molecule has 8 heteroatoms. The lowest BCUT2D eigenvalue weighted by Crippen LogP contribution is -2.28. The van der Waals surface area contributed by atoms with E-state index in [1.54, 1.807) is 12.1 Å². The number of anilines is 1. The standard InChI is InChI=1S/C17H22ClN3O3S/c1-5-21(6-2)17-20-16(23)14(25-17)9-15(22)19-12-7-10(3)11(18)8-13(12)24-4/h7-8,14H,5-6,9H2,1-4H3,(H,19,22)/t14-/m0/s1. The van der Waals surface area contributed by atoms with Crippen LogP contribution in [0.4, 0.5) is 5.69 Å². The number of nitrogens with zero attached hydrogens (tertiary/aromatic N) is 2. The summed E-state index contributed by atoms with van der Waals surface area (Å²) in [6, 6.07) is 3.41. The number of aryl methyl sites for hydroxylation is 1. The van der Waals surface area contributed by atoms with E-state index in [2.05, 4.69) is 10.3 Å². The van der Waals surface area contributed by atoms with Gasteiger partial charge in [-0.05, 0) is 32.4 Å². The molecule has 1 N–H and O–H groups in total. The summed E-state index contributed by atoms with van der Waals surface area (Å²) in [6.07, 6.45) is 0.0581. The molecule has 6 nitrogen and oxygen atoms in total. The quantitative estimate of drug-likeness (QED) is 0.815. The van der Waals surface area contributed by atoms with Crippen LogP contribution in [0.5, 0.6) is 5.75 Å². The fourth-order valence-corrected chi connectivity index (χ4v) is 3.78. The highest BCUT2D eigenvalue weighted by atomic mass is 35.5. The molecule has 0 aliphatic carbocycles. The van der Waals surface area contributed by atoms with E-state index in [1.807, 2.05) is 25.7 Å². The highest BCUT2D eigenvalue weighted by Crippen LogP contribution is 2.32. The molecule has 2 amide bonds. The largest absolute Gasteiger partial charge is 0.495 e. The lowest BCUT2D eigenvalue weighted by Gasteiger charge is -2.19. The topological polar surface area (TPSA) is 71.0 Å². The van der Waals surface area contributed by atoms with Gasteiger partial charge in [-0.15, -0.1) is 0 Å². The van der Waals surface area contributed by atoms with E-state index in [9.17, 15) is 9.59 Å². The SMILES string of the molecule is CCN(CC)C1=NC(=O)[C@H](CC(=O)Nc2cc(C)c(Cl)cc2OC)S1. The van der Waals surface area contributed by atoms with E-state index in [1.165, 1.54) is 18.9 Å². The summed E-state index contributed by atoms with van der Waals surface area (Å²) in [6.45, 7) is 7.40. The molecule has 2 rings (SSSR count). The van der Waals surface area contributed by atoms with Crippen molar-refractivity contribution in [1.82, 2.24) is 4.90 Å². The molecule has 0 bridgehead atoms. The van der Waals surface area contributed by atoms with Crippen LogP contribution >= 0.6 is 23.4 Å². The summed E-state index contributed by atoms with van der Waals surface area (Å²) in [7, 11) is 1.51. The maximum absolute atomic E-state index is 12.4. The number of thioether (sulfide) groups is 1. The lowest BCUT2D eigenvalue weighted by molar-refractivity contribution is -0.121. The number of nitrogens with one attached hydrogen (secondary N) is 1. The number of ether oxygens (including phenoxy) is 1. The van der Waals surface area contributed by atoms with Gasteiger partial charge in [0, 0.05) is 30.6 Å². The van der Waals surface area contributed by atoms with Gasteiger partial charge >= 0.3 is 0 Å². The van der Waals surface area contributed by atoms with Crippen molar-refractivity contribution in [3.8, 4) is 5.75 Å². The van der Waals surface area contributed by atoms with E-state index in [0.29, 0.717) is 21.6 Å². The third kappa shape index (κ3) is 4.67. The molecular formula is C17H22ClN3O3S. The third-order valence-corrected chi connectivity index (χ3v) is 5.51. The molecule has 0 aromatic heterocycles. The zero-order valence-electron chi connectivity index (χ0n) is 14.8. The van der Waals surface area contributed by atoms with Crippen molar-refractivity contribution >= 4 is 46.0 Å². The summed E-state index contributed by atoms with van der Waals surface area (Å²) >= 11 is 7.41. The van der Waals surface area contributed by atoms with Crippen LogP contribution in [0.15, 0.2) is 17.1 Å². The van der Waals surface area contributed by atoms with Crippen LogP contribution < -0.4 is 10.1 Å². The Morgan fingerprint density at radius 2 is 2.08 bits per heavy atom. The highest BCUT2D eigenvalue weighted by Gasteiger charge is 2.32. The minimum atomic E-state index is -0.491. The van der Waals surface area contributed by atoms with E-state index in [-0.39, 0.29) is 18.2 Å². The van der Waals surface area contributed by atoms with Crippen LogP contribution in [0.1, 0.15) is 25.8 Å². The van der Waals surface area contributed by atoms with Gasteiger partial charge in [0.1, 0.15) is 11.0 Å². The molecule has 1 aromatic rings. The predicted octanol–water partition coefficient (Wildman–Crippen LogP) is 3.33. The molecule has 1 aliphatic heterocycles. The second-order valence-corrected chi connectivity index (χ2v) is 7.14. The Hall–Kier alpha value is -1.73. The number of halogens is 1. The highest BCUT2D eigenvalue weighted by molar-refractivity contribution is 8.15. The number of hydrogen-bond acceptors (Lipinski definition) is 5. The van der Waals surface area contributed by atoms with E-state index < -0.39 is 5.25 Å². The Morgan fingerprint density at radius 3 is 2.68 bits per heavy atom. The molecule has 1 aliphatic rings. The van der Waals surface area contributed by atoms with Crippen LogP contribution in [0.3, 0.4) is 0 Å². The second kappa shape index (κ2) is 8.58. The minimum absolute atomic E-state index is 0.0581.